The molecule has 1 aliphatic heterocycles. The molecule has 0 bridgehead atoms. The van der Waals surface area contributed by atoms with Gasteiger partial charge in [0.15, 0.2) is 0 Å². The highest BCUT2D eigenvalue weighted by Crippen LogP contribution is 2.19. The number of ether oxygens (including phenoxy) is 1. The number of unbranched alkanes of at least 4 members (excludes halogenated alkanes) is 24. The van der Waals surface area contributed by atoms with Gasteiger partial charge in [-0.1, -0.05) is 168 Å². The van der Waals surface area contributed by atoms with Gasteiger partial charge in [0.05, 0.1) is 12.7 Å². The fourth-order valence-corrected chi connectivity index (χ4v) is 6.03. The van der Waals surface area contributed by atoms with E-state index >= 15 is 0 Å². The largest absolute Gasteiger partial charge is 0.438 e. The smallest absolute Gasteiger partial charge is 0.307 e. The van der Waals surface area contributed by atoms with Crippen LogP contribution in [0.1, 0.15) is 201 Å². The van der Waals surface area contributed by atoms with E-state index in [9.17, 15) is 4.79 Å². The summed E-state index contributed by atoms with van der Waals surface area (Å²) in [5.41, 5.74) is 6.21. The van der Waals surface area contributed by atoms with Crippen LogP contribution in [-0.4, -0.2) is 35.6 Å². The lowest BCUT2D eigenvalue weighted by atomic mass is 10.0. The summed E-state index contributed by atoms with van der Waals surface area (Å²) >= 11 is 0. The van der Waals surface area contributed by atoms with Crippen LogP contribution in [0, 0.1) is 0 Å². The molecule has 0 saturated carbocycles. The lowest BCUT2D eigenvalue weighted by Gasteiger charge is -2.24. The van der Waals surface area contributed by atoms with Crippen molar-refractivity contribution in [2.24, 2.45) is 10.7 Å². The second-order valence-electron chi connectivity index (χ2n) is 12.9. The molecule has 0 saturated heterocycles. The lowest BCUT2D eigenvalue weighted by Crippen LogP contribution is -2.43. The molecule has 1 aliphatic rings. The third-order valence-electron chi connectivity index (χ3n) is 8.72. The average molecular weight is 578 g/mol. The molecule has 1 heterocycles. The van der Waals surface area contributed by atoms with Gasteiger partial charge in [-0.3, -0.25) is 4.79 Å². The quantitative estimate of drug-likeness (QED) is 0.0681. The minimum Gasteiger partial charge on any atom is -0.438 e. The maximum absolute atomic E-state index is 12.4. The van der Waals surface area contributed by atoms with E-state index in [-0.39, 0.29) is 18.4 Å². The van der Waals surface area contributed by atoms with Crippen LogP contribution in [0.2, 0.25) is 0 Å². The zero-order valence-electron chi connectivity index (χ0n) is 27.9. The molecule has 242 valence electrons. The van der Waals surface area contributed by atoms with Crippen LogP contribution in [0.25, 0.3) is 0 Å². The van der Waals surface area contributed by atoms with Crippen LogP contribution in [0.5, 0.6) is 0 Å². The van der Waals surface area contributed by atoms with Crippen LogP contribution in [0.15, 0.2) is 4.99 Å². The van der Waals surface area contributed by atoms with Crippen LogP contribution < -0.4 is 5.73 Å². The van der Waals surface area contributed by atoms with Crippen LogP contribution in [0.3, 0.4) is 0 Å². The summed E-state index contributed by atoms with van der Waals surface area (Å²) < 4.78 is 5.72. The number of carbonyl (C=O) groups excluding carboxylic acids is 1. The Labute approximate surface area is 256 Å². The number of nitrogens with two attached hydrogens (primary N) is 1. The molecule has 0 radical (unpaired) electrons. The van der Waals surface area contributed by atoms with Crippen molar-refractivity contribution in [2.45, 2.75) is 213 Å². The maximum Gasteiger partial charge on any atom is 0.307 e. The number of aliphatic imine (C=N–C) groups is 1. The summed E-state index contributed by atoms with van der Waals surface area (Å²) in [6, 6.07) is 0. The molecule has 0 aromatic rings. The normalized spacial score (nSPS) is 15.9. The van der Waals surface area contributed by atoms with E-state index in [1.54, 1.807) is 0 Å². The van der Waals surface area contributed by atoms with Gasteiger partial charge in [-0.05, 0) is 19.8 Å². The van der Waals surface area contributed by atoms with Gasteiger partial charge < -0.3 is 15.4 Å². The summed E-state index contributed by atoms with van der Waals surface area (Å²) in [5.74, 6) is 0.926. The summed E-state index contributed by atoms with van der Waals surface area (Å²) in [6.45, 7) is 7.16. The number of nitrogens with zero attached hydrogens (tertiary/aromatic N) is 2. The molecule has 0 aliphatic carbocycles. The highest BCUT2D eigenvalue weighted by molar-refractivity contribution is 5.84. The number of hydrogen-bond donors (Lipinski definition) is 1. The molecular weight excluding hydrogens is 506 g/mol. The Morgan fingerprint density at radius 1 is 0.683 bits per heavy atom. The Kier molecular flexibility index (Phi) is 25.6. The van der Waals surface area contributed by atoms with Crippen molar-refractivity contribution in [3.8, 4) is 0 Å². The van der Waals surface area contributed by atoms with Gasteiger partial charge in [0.25, 0.3) is 0 Å². The predicted molar refractivity (Wildman–Crippen MR) is 178 cm³/mol. The molecule has 5 heteroatoms. The van der Waals surface area contributed by atoms with Gasteiger partial charge in [-0.2, -0.15) is 0 Å². The highest BCUT2D eigenvalue weighted by atomic mass is 16.6. The van der Waals surface area contributed by atoms with E-state index in [2.05, 4.69) is 18.7 Å². The topological polar surface area (TPSA) is 67.9 Å². The van der Waals surface area contributed by atoms with Crippen molar-refractivity contribution in [3.63, 3.8) is 0 Å². The molecule has 2 unspecified atom stereocenters. The molecule has 0 amide bonds. The van der Waals surface area contributed by atoms with Gasteiger partial charge in [0.1, 0.15) is 5.84 Å². The SMILES string of the molecule is CCCCCCCCCCCCCCCCCC(=O)OC1CN(C(C)N)C(CCCCCCCCCCCCC)=N1. The monoisotopic (exact) mass is 578 g/mol. The lowest BCUT2D eigenvalue weighted by molar-refractivity contribution is -0.148. The number of rotatable bonds is 30. The number of amidine groups is 1. The first kappa shape index (κ1) is 37.9. The van der Waals surface area contributed by atoms with E-state index in [1.807, 2.05) is 6.92 Å². The van der Waals surface area contributed by atoms with Crippen molar-refractivity contribution in [3.05, 3.63) is 0 Å². The van der Waals surface area contributed by atoms with E-state index in [0.29, 0.717) is 13.0 Å². The molecule has 0 spiro atoms. The first-order valence-electron chi connectivity index (χ1n) is 18.4. The van der Waals surface area contributed by atoms with E-state index in [0.717, 1.165) is 31.5 Å². The number of esters is 1. The van der Waals surface area contributed by atoms with E-state index in [1.165, 1.54) is 148 Å². The van der Waals surface area contributed by atoms with E-state index in [4.69, 9.17) is 15.5 Å². The van der Waals surface area contributed by atoms with Crippen molar-refractivity contribution >= 4 is 11.8 Å². The Bertz CT molecular complexity index is 622. The number of hydrogen-bond acceptors (Lipinski definition) is 5. The second-order valence-corrected chi connectivity index (χ2v) is 12.9. The van der Waals surface area contributed by atoms with Gasteiger partial charge >= 0.3 is 5.97 Å². The van der Waals surface area contributed by atoms with Gasteiger partial charge in [-0.15, -0.1) is 0 Å². The molecule has 41 heavy (non-hydrogen) atoms. The summed E-state index contributed by atoms with van der Waals surface area (Å²) in [6.07, 6.45) is 35.7. The summed E-state index contributed by atoms with van der Waals surface area (Å²) in [5, 5.41) is 0. The molecule has 0 aromatic heterocycles. The fraction of sp³-hybridized carbons (Fsp3) is 0.944. The summed E-state index contributed by atoms with van der Waals surface area (Å²) in [7, 11) is 0. The number of carbonyl (C=O) groups is 1. The molecule has 0 fully saturated rings. The van der Waals surface area contributed by atoms with Crippen molar-refractivity contribution < 1.29 is 9.53 Å². The third-order valence-corrected chi connectivity index (χ3v) is 8.72. The maximum atomic E-state index is 12.4. The second kappa shape index (κ2) is 27.7. The van der Waals surface area contributed by atoms with Crippen molar-refractivity contribution in [2.75, 3.05) is 6.54 Å². The first-order chi connectivity index (χ1) is 20.1. The molecular formula is C36H71N3O2. The van der Waals surface area contributed by atoms with E-state index < -0.39 is 0 Å². The molecule has 5 nitrogen and oxygen atoms in total. The molecule has 2 atom stereocenters. The Morgan fingerprint density at radius 2 is 1.05 bits per heavy atom. The minimum absolute atomic E-state index is 0.0966. The minimum atomic E-state index is -0.382. The van der Waals surface area contributed by atoms with Crippen LogP contribution in [-0.2, 0) is 9.53 Å². The van der Waals surface area contributed by atoms with Crippen molar-refractivity contribution in [1.82, 2.24) is 4.90 Å². The molecule has 1 rings (SSSR count). The Hall–Kier alpha value is -1.10. The third kappa shape index (κ3) is 22.2. The molecule has 2 N–H and O–H groups in total. The van der Waals surface area contributed by atoms with Crippen LogP contribution >= 0.6 is 0 Å². The van der Waals surface area contributed by atoms with Gasteiger partial charge in [-0.25, -0.2) is 4.99 Å². The molecule has 0 aromatic carbocycles. The summed E-state index contributed by atoms with van der Waals surface area (Å²) in [4.78, 5) is 19.3. The zero-order chi connectivity index (χ0) is 29.8. The zero-order valence-corrected chi connectivity index (χ0v) is 27.9. The first-order valence-corrected chi connectivity index (χ1v) is 18.4. The van der Waals surface area contributed by atoms with Gasteiger partial charge in [0, 0.05) is 12.8 Å². The van der Waals surface area contributed by atoms with Crippen LogP contribution in [0.4, 0.5) is 0 Å². The Balaban J connectivity index is 2.03. The predicted octanol–water partition coefficient (Wildman–Crippen LogP) is 10.8. The fourth-order valence-electron chi connectivity index (χ4n) is 6.03. The standard InChI is InChI=1S/C36H71N3O2/c1-4-6-8-10-12-14-16-17-18-19-21-23-25-27-29-31-36(40)41-35-32-39(33(3)37)34(38-35)30-28-26-24-22-20-15-13-11-9-7-5-2/h33,35H,4-32,37H2,1-3H3. The average Bonchev–Trinajstić information content (AvgIpc) is 3.36. The van der Waals surface area contributed by atoms with Crippen molar-refractivity contribution in [1.29, 1.82) is 0 Å². The Morgan fingerprint density at radius 3 is 1.44 bits per heavy atom. The van der Waals surface area contributed by atoms with Gasteiger partial charge in [0.2, 0.25) is 6.23 Å². The highest BCUT2D eigenvalue weighted by Gasteiger charge is 2.29.